The van der Waals surface area contributed by atoms with Crippen molar-refractivity contribution in [1.82, 2.24) is 14.7 Å². The molecule has 1 aromatic carbocycles. The second-order valence-electron chi connectivity index (χ2n) is 5.80. The van der Waals surface area contributed by atoms with Crippen LogP contribution in [0.4, 0.5) is 11.5 Å². The zero-order valence-corrected chi connectivity index (χ0v) is 16.7. The van der Waals surface area contributed by atoms with Gasteiger partial charge in [0.25, 0.3) is 5.91 Å². The summed E-state index contributed by atoms with van der Waals surface area (Å²) in [5.41, 5.74) is 6.88. The normalized spacial score (nSPS) is 11.6. The van der Waals surface area contributed by atoms with E-state index in [2.05, 4.69) is 20.0 Å². The quantitative estimate of drug-likeness (QED) is 0.588. The molecule has 1 atom stereocenters. The lowest BCUT2D eigenvalue weighted by Gasteiger charge is -2.08. The van der Waals surface area contributed by atoms with E-state index in [0.29, 0.717) is 16.3 Å². The van der Waals surface area contributed by atoms with E-state index in [1.807, 2.05) is 19.1 Å². The first-order valence-corrected chi connectivity index (χ1v) is 10.1. The van der Waals surface area contributed by atoms with Crippen LogP contribution in [0.1, 0.15) is 22.3 Å². The maximum absolute atomic E-state index is 12.6. The van der Waals surface area contributed by atoms with Gasteiger partial charge in [-0.05, 0) is 43.3 Å². The van der Waals surface area contributed by atoms with Crippen LogP contribution in [0.15, 0.2) is 47.5 Å². The maximum atomic E-state index is 12.6. The van der Waals surface area contributed by atoms with E-state index >= 15 is 0 Å². The van der Waals surface area contributed by atoms with Gasteiger partial charge in [-0.2, -0.15) is 0 Å². The predicted octanol–water partition coefficient (Wildman–Crippen LogP) is 2.51. The molecule has 2 amide bonds. The van der Waals surface area contributed by atoms with Gasteiger partial charge in [0, 0.05) is 17.5 Å². The van der Waals surface area contributed by atoms with Gasteiger partial charge in [-0.1, -0.05) is 0 Å². The molecule has 0 aliphatic heterocycles. The molecule has 28 heavy (non-hydrogen) atoms. The van der Waals surface area contributed by atoms with E-state index in [1.54, 1.807) is 35.6 Å². The highest BCUT2D eigenvalue weighted by Gasteiger charge is 2.16. The Morgan fingerprint density at radius 1 is 1.14 bits per heavy atom. The molecule has 0 aliphatic carbocycles. The van der Waals surface area contributed by atoms with E-state index in [9.17, 15) is 13.8 Å². The van der Waals surface area contributed by atoms with Crippen molar-refractivity contribution < 1.29 is 13.8 Å². The van der Waals surface area contributed by atoms with E-state index in [0.717, 1.165) is 9.75 Å². The molecular formula is C18H17N5O3S2. The highest BCUT2D eigenvalue weighted by atomic mass is 32.2. The Morgan fingerprint density at radius 3 is 2.46 bits per heavy atom. The van der Waals surface area contributed by atoms with Crippen LogP contribution in [0.3, 0.4) is 0 Å². The minimum Gasteiger partial charge on any atom is -0.382 e. The summed E-state index contributed by atoms with van der Waals surface area (Å²) in [6.07, 6.45) is 1.53. The first kappa shape index (κ1) is 19.6. The number of nitrogens with one attached hydrogen (secondary N) is 2. The van der Waals surface area contributed by atoms with Gasteiger partial charge in [-0.3, -0.25) is 14.3 Å². The number of hydrogen-bond donors (Lipinski definition) is 3. The molecule has 0 aliphatic rings. The summed E-state index contributed by atoms with van der Waals surface area (Å²) in [7, 11) is -1.65. The fraction of sp³-hybridized carbons (Fsp3) is 0.111. The molecule has 2 heterocycles. The number of benzene rings is 1. The highest BCUT2D eigenvalue weighted by Crippen LogP contribution is 2.26. The zero-order chi connectivity index (χ0) is 20.3. The number of carbonyl (C=O) groups is 2. The smallest absolute Gasteiger partial charge is 0.278 e. The van der Waals surface area contributed by atoms with E-state index < -0.39 is 22.8 Å². The van der Waals surface area contributed by atoms with Gasteiger partial charge in [0.1, 0.15) is 0 Å². The Morgan fingerprint density at radius 2 is 1.86 bits per heavy atom. The summed E-state index contributed by atoms with van der Waals surface area (Å²) >= 11 is 1.55. The number of hydrogen-bond acceptors (Lipinski definition) is 7. The molecule has 3 rings (SSSR count). The van der Waals surface area contributed by atoms with Crippen molar-refractivity contribution in [2.45, 2.75) is 18.7 Å². The SMILES string of the molecule is CC(=O)NS(=O)c1ccc(NC(=O)c2nc(-c3ccc(C)s3)cnc2N)cc1. The molecule has 144 valence electrons. The Bertz CT molecular complexity index is 1060. The third-order valence-electron chi connectivity index (χ3n) is 3.57. The zero-order valence-electron chi connectivity index (χ0n) is 15.1. The average molecular weight is 416 g/mol. The third-order valence-corrected chi connectivity index (χ3v) is 5.77. The summed E-state index contributed by atoms with van der Waals surface area (Å²) < 4.78 is 14.2. The number of nitrogens with two attached hydrogens (primary N) is 1. The largest absolute Gasteiger partial charge is 0.382 e. The summed E-state index contributed by atoms with van der Waals surface area (Å²) in [5, 5.41) is 2.69. The van der Waals surface area contributed by atoms with Crippen molar-refractivity contribution >= 4 is 45.6 Å². The van der Waals surface area contributed by atoms with Crippen molar-refractivity contribution in [3.63, 3.8) is 0 Å². The van der Waals surface area contributed by atoms with Gasteiger partial charge < -0.3 is 11.1 Å². The highest BCUT2D eigenvalue weighted by molar-refractivity contribution is 7.83. The number of rotatable bonds is 5. The summed E-state index contributed by atoms with van der Waals surface area (Å²) in [6, 6.07) is 10.1. The van der Waals surface area contributed by atoms with Gasteiger partial charge in [-0.25, -0.2) is 14.2 Å². The standard InChI is InChI=1S/C18H17N5O3S2/c1-10-3-8-15(27-10)14-9-20-17(19)16(22-14)18(25)21-12-4-6-13(7-5-12)28(26)23-11(2)24/h3-9H,1-2H3,(H2,19,20)(H,21,25)(H,23,24). The van der Waals surface area contributed by atoms with Crippen LogP contribution < -0.4 is 15.8 Å². The number of carbonyl (C=O) groups excluding carboxylic acids is 2. The monoisotopic (exact) mass is 415 g/mol. The van der Waals surface area contributed by atoms with Crippen molar-refractivity contribution in [3.05, 3.63) is 53.2 Å². The minimum absolute atomic E-state index is 0.0226. The minimum atomic E-state index is -1.65. The molecule has 0 bridgehead atoms. The lowest BCUT2D eigenvalue weighted by molar-refractivity contribution is -0.117. The van der Waals surface area contributed by atoms with Gasteiger partial charge in [0.05, 0.1) is 21.7 Å². The first-order valence-electron chi connectivity index (χ1n) is 8.13. The molecule has 2 aromatic heterocycles. The molecule has 10 heteroatoms. The van der Waals surface area contributed by atoms with Crippen molar-refractivity contribution in [2.24, 2.45) is 0 Å². The fourth-order valence-corrected chi connectivity index (χ4v) is 3.88. The molecule has 0 spiro atoms. The second kappa shape index (κ2) is 8.28. The second-order valence-corrected chi connectivity index (χ2v) is 8.31. The Labute approximate surface area is 167 Å². The molecular weight excluding hydrogens is 398 g/mol. The number of aryl methyl sites for hydroxylation is 1. The number of anilines is 2. The molecule has 0 radical (unpaired) electrons. The van der Waals surface area contributed by atoms with Crippen LogP contribution in [0, 0.1) is 6.92 Å². The van der Waals surface area contributed by atoms with Gasteiger partial charge in [-0.15, -0.1) is 11.3 Å². The van der Waals surface area contributed by atoms with Crippen molar-refractivity contribution in [1.29, 1.82) is 0 Å². The van der Waals surface area contributed by atoms with Crippen LogP contribution in [-0.4, -0.2) is 26.0 Å². The number of thiophene rings is 1. The molecule has 3 aromatic rings. The topological polar surface area (TPSA) is 127 Å². The lowest BCUT2D eigenvalue weighted by atomic mass is 10.3. The van der Waals surface area contributed by atoms with E-state index in [1.165, 1.54) is 13.1 Å². The average Bonchev–Trinajstić information content (AvgIpc) is 3.08. The maximum Gasteiger partial charge on any atom is 0.278 e. The summed E-state index contributed by atoms with van der Waals surface area (Å²) in [6.45, 7) is 3.26. The number of nitrogen functional groups attached to an aromatic ring is 1. The predicted molar refractivity (Wildman–Crippen MR) is 109 cm³/mol. The number of amides is 2. The van der Waals surface area contributed by atoms with Crippen LogP contribution >= 0.6 is 11.3 Å². The lowest BCUT2D eigenvalue weighted by Crippen LogP contribution is -2.22. The molecule has 0 fully saturated rings. The first-order chi connectivity index (χ1) is 13.3. The summed E-state index contributed by atoms with van der Waals surface area (Å²) in [5.74, 6) is -0.876. The van der Waals surface area contributed by atoms with E-state index in [4.69, 9.17) is 5.73 Å². The van der Waals surface area contributed by atoms with Gasteiger partial charge in [0.15, 0.2) is 22.5 Å². The van der Waals surface area contributed by atoms with Crippen molar-refractivity contribution in [3.8, 4) is 10.6 Å². The third kappa shape index (κ3) is 4.59. The Kier molecular flexibility index (Phi) is 5.81. The van der Waals surface area contributed by atoms with Crippen LogP contribution in [0.5, 0.6) is 0 Å². The Balaban J connectivity index is 1.77. The number of aromatic nitrogens is 2. The molecule has 0 saturated carbocycles. The Hall–Kier alpha value is -3.11. The fourth-order valence-electron chi connectivity index (χ4n) is 2.30. The number of nitrogens with zero attached hydrogens (tertiary/aromatic N) is 2. The van der Waals surface area contributed by atoms with Crippen molar-refractivity contribution in [2.75, 3.05) is 11.1 Å². The van der Waals surface area contributed by atoms with Gasteiger partial charge >= 0.3 is 0 Å². The molecule has 4 N–H and O–H groups in total. The van der Waals surface area contributed by atoms with Crippen LogP contribution in [-0.2, 0) is 15.8 Å². The van der Waals surface area contributed by atoms with Gasteiger partial charge in [0.2, 0.25) is 5.91 Å². The molecule has 0 saturated heterocycles. The molecule has 1 unspecified atom stereocenters. The molecule has 8 nitrogen and oxygen atoms in total. The van der Waals surface area contributed by atoms with E-state index in [-0.39, 0.29) is 11.5 Å². The van der Waals surface area contributed by atoms with Crippen LogP contribution in [0.2, 0.25) is 0 Å². The summed E-state index contributed by atoms with van der Waals surface area (Å²) in [4.78, 5) is 34.4. The van der Waals surface area contributed by atoms with Crippen LogP contribution in [0.25, 0.3) is 10.6 Å².